The minimum absolute atomic E-state index is 0.0860. The lowest BCUT2D eigenvalue weighted by Gasteiger charge is -2.65. The first-order valence-electron chi connectivity index (χ1n) is 21.7. The van der Waals surface area contributed by atoms with Crippen LogP contribution in [0, 0.1) is 46.3 Å². The third kappa shape index (κ3) is 12.6. The second-order valence-corrected chi connectivity index (χ2v) is 16.5. The summed E-state index contributed by atoms with van der Waals surface area (Å²) in [4.78, 5) is 24.4. The Balaban J connectivity index is 0.00000236. The van der Waals surface area contributed by atoms with Gasteiger partial charge in [0, 0.05) is 39.3 Å². The largest absolute Gasteiger partial charge is 0.377 e. The van der Waals surface area contributed by atoms with Crippen LogP contribution in [0.15, 0.2) is 22.8 Å². The fourth-order valence-corrected chi connectivity index (χ4v) is 11.1. The normalized spacial score (nSPS) is 33.7. The number of methoxy groups -OCH3 is 1. The molecule has 0 heterocycles. The Morgan fingerprint density at radius 2 is 1.56 bits per heavy atom. The molecule has 4 rings (SSSR count). The van der Waals surface area contributed by atoms with E-state index >= 15 is 0 Å². The van der Waals surface area contributed by atoms with Gasteiger partial charge in [0.25, 0.3) is 0 Å². The number of aldehydes is 1. The molecular formula is C46H89N3O3. The zero-order chi connectivity index (χ0) is 40.2. The van der Waals surface area contributed by atoms with Crippen LogP contribution in [0.25, 0.3) is 0 Å². The first-order valence-corrected chi connectivity index (χ1v) is 21.7. The van der Waals surface area contributed by atoms with Gasteiger partial charge in [0.2, 0.25) is 0 Å². The van der Waals surface area contributed by atoms with E-state index in [9.17, 15) is 4.79 Å². The summed E-state index contributed by atoms with van der Waals surface area (Å²) in [6.07, 6.45) is 13.7. The summed E-state index contributed by atoms with van der Waals surface area (Å²) < 4.78 is 6.25. The second-order valence-electron chi connectivity index (χ2n) is 16.5. The van der Waals surface area contributed by atoms with Gasteiger partial charge in [-0.3, -0.25) is 4.79 Å². The SMILES string of the molecule is CC.CC.CC=O.CCC.CCN(CCN)CCNC1CCC2(C)C(CCC3C2[C@H](C)CC2/C(=C(\CCC=C(C)C)C(C)=O)C(OC)CC23C)[C@@H]1C. The standard InChI is InChI=1S/C37H65N3O2.C3H8.C2H4O.2C2H6/c1-10-40(20-18-38)21-19-39-32-16-17-36(7)29(26(32)5)14-15-30-35(36)25(4)22-31-34(33(42-9)23-37(30,31)8)28(27(6)41)13-11-12-24(2)3;1-3-2;1-2-3;2*1-2/h12,25-26,29-33,35,39H,10-11,13-23,38H2,1-9H3;3H2,1-2H3;2H,1H3;2*1-2H3/b34-28-;;;;/t25-,26+,29?,30?,31?,32?,33?,35?,36?,37?;;;;/m1..../s1. The molecule has 0 saturated heterocycles. The molecule has 0 radical (unpaired) electrons. The molecule has 0 spiro atoms. The fraction of sp³-hybridized carbons (Fsp3) is 0.870. The number of nitrogens with one attached hydrogen (secondary N) is 1. The van der Waals surface area contributed by atoms with E-state index in [4.69, 9.17) is 15.3 Å². The van der Waals surface area contributed by atoms with Crippen LogP contribution in [0.5, 0.6) is 0 Å². The van der Waals surface area contributed by atoms with E-state index in [0.29, 0.717) is 35.1 Å². The van der Waals surface area contributed by atoms with E-state index in [1.165, 1.54) is 56.6 Å². The molecule has 6 heteroatoms. The summed E-state index contributed by atoms with van der Waals surface area (Å²) in [6.45, 7) is 37.4. The number of likely N-dealkylation sites (N-methyl/N-ethyl adjacent to an activating group) is 1. The summed E-state index contributed by atoms with van der Waals surface area (Å²) in [5.41, 5.74) is 10.2. The molecule has 4 aliphatic rings. The van der Waals surface area contributed by atoms with Gasteiger partial charge < -0.3 is 25.5 Å². The van der Waals surface area contributed by atoms with E-state index < -0.39 is 0 Å². The molecule has 10 atom stereocenters. The summed E-state index contributed by atoms with van der Waals surface area (Å²) in [6, 6.07) is 0.622. The highest BCUT2D eigenvalue weighted by molar-refractivity contribution is 5.94. The van der Waals surface area contributed by atoms with Crippen LogP contribution in [0.4, 0.5) is 0 Å². The van der Waals surface area contributed by atoms with Crippen molar-refractivity contribution in [2.24, 2.45) is 52.1 Å². The summed E-state index contributed by atoms with van der Waals surface area (Å²) in [5.74, 6) is 4.35. The average molecular weight is 732 g/mol. The topological polar surface area (TPSA) is 84.7 Å². The molecule has 6 nitrogen and oxygen atoms in total. The van der Waals surface area contributed by atoms with Crippen molar-refractivity contribution in [3.05, 3.63) is 22.8 Å². The zero-order valence-corrected chi connectivity index (χ0v) is 37.4. The quantitative estimate of drug-likeness (QED) is 0.118. The van der Waals surface area contributed by atoms with Gasteiger partial charge >= 0.3 is 0 Å². The highest BCUT2D eigenvalue weighted by Crippen LogP contribution is 2.70. The molecule has 0 amide bonds. The van der Waals surface area contributed by atoms with Gasteiger partial charge in [-0.25, -0.2) is 0 Å². The Kier molecular flexibility index (Phi) is 25.0. The van der Waals surface area contributed by atoms with Crippen molar-refractivity contribution in [2.45, 2.75) is 174 Å². The van der Waals surface area contributed by atoms with Gasteiger partial charge in [-0.15, -0.1) is 0 Å². The molecule has 306 valence electrons. The zero-order valence-electron chi connectivity index (χ0n) is 37.4. The molecule has 0 bridgehead atoms. The molecule has 0 aromatic heterocycles. The molecule has 3 N–H and O–H groups in total. The van der Waals surface area contributed by atoms with Crippen molar-refractivity contribution in [3.8, 4) is 0 Å². The summed E-state index contributed by atoms with van der Waals surface area (Å²) in [5, 5.41) is 4.00. The lowest BCUT2D eigenvalue weighted by atomic mass is 9.40. The summed E-state index contributed by atoms with van der Waals surface area (Å²) in [7, 11) is 1.88. The maximum atomic E-state index is 13.1. The molecule has 4 fully saturated rings. The van der Waals surface area contributed by atoms with Crippen molar-refractivity contribution in [2.75, 3.05) is 39.8 Å². The number of allylic oxidation sites excluding steroid dienone is 3. The van der Waals surface area contributed by atoms with E-state index in [-0.39, 0.29) is 17.3 Å². The lowest BCUT2D eigenvalue weighted by Crippen LogP contribution is -2.60. The maximum Gasteiger partial charge on any atom is 0.155 e. The Morgan fingerprint density at radius 1 is 0.981 bits per heavy atom. The minimum atomic E-state index is 0.0860. The number of nitrogens with two attached hydrogens (primary N) is 1. The predicted octanol–water partition coefficient (Wildman–Crippen LogP) is 10.7. The second kappa shape index (κ2) is 25.7. The third-order valence-electron chi connectivity index (χ3n) is 13.0. The monoisotopic (exact) mass is 732 g/mol. The van der Waals surface area contributed by atoms with Crippen molar-refractivity contribution < 1.29 is 14.3 Å². The van der Waals surface area contributed by atoms with Crippen molar-refractivity contribution in [3.63, 3.8) is 0 Å². The van der Waals surface area contributed by atoms with Crippen LogP contribution < -0.4 is 11.1 Å². The molecule has 4 aliphatic carbocycles. The Morgan fingerprint density at radius 3 is 2.06 bits per heavy atom. The Labute approximate surface area is 324 Å². The smallest absolute Gasteiger partial charge is 0.155 e. The molecular weight excluding hydrogens is 643 g/mol. The fourth-order valence-electron chi connectivity index (χ4n) is 11.1. The predicted molar refractivity (Wildman–Crippen MR) is 227 cm³/mol. The van der Waals surface area contributed by atoms with Crippen LogP contribution in [0.3, 0.4) is 0 Å². The third-order valence-corrected chi connectivity index (χ3v) is 13.0. The number of Topliss-reactive ketones (excluding diaryl/α,β-unsaturated/α-hetero) is 1. The number of hydrogen-bond acceptors (Lipinski definition) is 6. The van der Waals surface area contributed by atoms with Gasteiger partial charge in [-0.05, 0) is 143 Å². The highest BCUT2D eigenvalue weighted by Gasteiger charge is 2.64. The van der Waals surface area contributed by atoms with Crippen LogP contribution in [-0.2, 0) is 14.3 Å². The average Bonchev–Trinajstić information content (AvgIpc) is 3.41. The molecule has 0 aliphatic heterocycles. The number of ketones is 1. The van der Waals surface area contributed by atoms with Crippen LogP contribution in [-0.4, -0.2) is 68.9 Å². The van der Waals surface area contributed by atoms with Crippen molar-refractivity contribution in [1.29, 1.82) is 0 Å². The van der Waals surface area contributed by atoms with Gasteiger partial charge in [0.1, 0.15) is 6.29 Å². The minimum Gasteiger partial charge on any atom is -0.377 e. The van der Waals surface area contributed by atoms with E-state index in [2.05, 4.69) is 78.6 Å². The van der Waals surface area contributed by atoms with Crippen LogP contribution in [0.1, 0.15) is 162 Å². The van der Waals surface area contributed by atoms with Crippen LogP contribution >= 0.6 is 0 Å². The number of ether oxygens (including phenoxy) is 1. The Bertz CT molecular complexity index is 1070. The molecule has 8 unspecified atom stereocenters. The summed E-state index contributed by atoms with van der Waals surface area (Å²) >= 11 is 0. The number of carbonyl (C=O) groups is 2. The van der Waals surface area contributed by atoms with E-state index in [1.807, 2.05) is 34.8 Å². The molecule has 52 heavy (non-hydrogen) atoms. The lowest BCUT2D eigenvalue weighted by molar-refractivity contribution is -0.156. The number of rotatable bonds is 12. The maximum absolute atomic E-state index is 13.1. The van der Waals surface area contributed by atoms with E-state index in [0.717, 1.165) is 75.7 Å². The number of fused-ring (bicyclic) bond motifs is 5. The van der Waals surface area contributed by atoms with Gasteiger partial charge in [-0.1, -0.05) is 94.2 Å². The number of hydrogen-bond donors (Lipinski definition) is 2. The first kappa shape index (κ1) is 50.7. The number of carbonyl (C=O) groups excluding carboxylic acids is 2. The van der Waals surface area contributed by atoms with Crippen LogP contribution in [0.2, 0.25) is 0 Å². The highest BCUT2D eigenvalue weighted by atomic mass is 16.5. The molecule has 4 saturated carbocycles. The van der Waals surface area contributed by atoms with Crippen molar-refractivity contribution in [1.82, 2.24) is 10.2 Å². The number of nitrogens with zero attached hydrogens (tertiary/aromatic N) is 1. The Hall–Kier alpha value is -1.34. The van der Waals surface area contributed by atoms with E-state index in [1.54, 1.807) is 6.92 Å². The first-order chi connectivity index (χ1) is 24.7. The molecule has 0 aromatic carbocycles. The van der Waals surface area contributed by atoms with Crippen molar-refractivity contribution >= 4 is 12.1 Å². The van der Waals surface area contributed by atoms with Gasteiger partial charge in [-0.2, -0.15) is 0 Å². The van der Waals surface area contributed by atoms with Gasteiger partial charge in [0.05, 0.1) is 6.10 Å². The molecule has 0 aromatic rings. The van der Waals surface area contributed by atoms with Gasteiger partial charge in [0.15, 0.2) is 5.78 Å².